The van der Waals surface area contributed by atoms with Crippen LogP contribution in [0.5, 0.6) is 0 Å². The molecule has 0 rings (SSSR count). The molecule has 56 valence electrons. The summed E-state index contributed by atoms with van der Waals surface area (Å²) >= 11 is 1.66. The lowest BCUT2D eigenvalue weighted by atomic mass is 10.5. The largest absolute Gasteiger partial charge is 0.351 e. The van der Waals surface area contributed by atoms with Crippen LogP contribution in [0.3, 0.4) is 0 Å². The van der Waals surface area contributed by atoms with Crippen molar-refractivity contribution in [2.24, 2.45) is 0 Å². The van der Waals surface area contributed by atoms with Crippen molar-refractivity contribution in [1.82, 2.24) is 5.32 Å². The van der Waals surface area contributed by atoms with Gasteiger partial charge in [0.25, 0.3) is 0 Å². The first-order valence-electron chi connectivity index (χ1n) is 3.10. The third-order valence-corrected chi connectivity index (χ3v) is 1.60. The van der Waals surface area contributed by atoms with E-state index in [4.69, 9.17) is 0 Å². The van der Waals surface area contributed by atoms with Gasteiger partial charge in [-0.05, 0) is 11.8 Å². The Hall–Kier alpha value is -0.630. The predicted molar refractivity (Wildman–Crippen MR) is 49.7 cm³/mol. The fourth-order valence-corrected chi connectivity index (χ4v) is 0.992. The highest BCUT2D eigenvalue weighted by atomic mass is 32.2. The summed E-state index contributed by atoms with van der Waals surface area (Å²) in [7, 11) is 0. The highest BCUT2D eigenvalue weighted by molar-refractivity contribution is 8.02. The van der Waals surface area contributed by atoms with Crippen LogP contribution >= 0.6 is 11.8 Å². The van der Waals surface area contributed by atoms with E-state index in [1.165, 1.54) is 0 Å². The lowest BCUT2D eigenvalue weighted by Crippen LogP contribution is -2.06. The minimum atomic E-state index is 0.797. The van der Waals surface area contributed by atoms with E-state index in [0.717, 1.165) is 16.5 Å². The van der Waals surface area contributed by atoms with Gasteiger partial charge in [0.15, 0.2) is 0 Å². The van der Waals surface area contributed by atoms with Gasteiger partial charge in [0.1, 0.15) is 0 Å². The molecule has 10 heavy (non-hydrogen) atoms. The SMILES string of the molecule is C=CC(=C)NC(=C)SCC. The highest BCUT2D eigenvalue weighted by Gasteiger charge is 1.90. The zero-order valence-corrected chi connectivity index (χ0v) is 7.13. The van der Waals surface area contributed by atoms with Gasteiger partial charge >= 0.3 is 0 Å². The summed E-state index contributed by atoms with van der Waals surface area (Å²) in [6, 6.07) is 0. The summed E-state index contributed by atoms with van der Waals surface area (Å²) in [4.78, 5) is 0. The lowest BCUT2D eigenvalue weighted by Gasteiger charge is -2.05. The van der Waals surface area contributed by atoms with E-state index in [9.17, 15) is 0 Å². The van der Waals surface area contributed by atoms with Crippen molar-refractivity contribution in [1.29, 1.82) is 0 Å². The van der Waals surface area contributed by atoms with Crippen LogP contribution in [-0.2, 0) is 0 Å². The van der Waals surface area contributed by atoms with Gasteiger partial charge < -0.3 is 5.32 Å². The average molecular weight is 155 g/mol. The number of nitrogens with one attached hydrogen (secondary N) is 1. The molecule has 0 saturated heterocycles. The zero-order valence-electron chi connectivity index (χ0n) is 6.31. The molecule has 0 aromatic heterocycles. The van der Waals surface area contributed by atoms with Gasteiger partial charge in [0.05, 0.1) is 5.03 Å². The Labute approximate surface area is 66.9 Å². The van der Waals surface area contributed by atoms with E-state index in [0.29, 0.717) is 0 Å². The Balaban J connectivity index is 3.57. The molecule has 0 aromatic carbocycles. The van der Waals surface area contributed by atoms with Crippen molar-refractivity contribution in [3.8, 4) is 0 Å². The molecule has 0 aliphatic heterocycles. The number of allylic oxidation sites excluding steroid dienone is 1. The Kier molecular flexibility index (Phi) is 4.85. The Morgan fingerprint density at radius 2 is 2.20 bits per heavy atom. The summed E-state index contributed by atoms with van der Waals surface area (Å²) in [6.07, 6.45) is 1.67. The molecular weight excluding hydrogens is 142 g/mol. The van der Waals surface area contributed by atoms with Gasteiger partial charge in [0.2, 0.25) is 0 Å². The monoisotopic (exact) mass is 155 g/mol. The van der Waals surface area contributed by atoms with E-state index in [2.05, 4.69) is 32.0 Å². The van der Waals surface area contributed by atoms with E-state index >= 15 is 0 Å². The van der Waals surface area contributed by atoms with E-state index < -0.39 is 0 Å². The molecule has 0 radical (unpaired) electrons. The van der Waals surface area contributed by atoms with Crippen molar-refractivity contribution >= 4 is 11.8 Å². The molecule has 0 spiro atoms. The van der Waals surface area contributed by atoms with Gasteiger partial charge in [-0.2, -0.15) is 0 Å². The molecule has 0 aromatic rings. The topological polar surface area (TPSA) is 12.0 Å². The van der Waals surface area contributed by atoms with Crippen molar-refractivity contribution in [3.63, 3.8) is 0 Å². The summed E-state index contributed by atoms with van der Waals surface area (Å²) in [6.45, 7) is 13.1. The second-order valence-electron chi connectivity index (χ2n) is 1.71. The van der Waals surface area contributed by atoms with E-state index in [1.54, 1.807) is 17.8 Å². The van der Waals surface area contributed by atoms with Crippen LogP contribution < -0.4 is 5.32 Å². The van der Waals surface area contributed by atoms with Gasteiger partial charge in [0, 0.05) is 5.70 Å². The van der Waals surface area contributed by atoms with E-state index in [1.807, 2.05) is 0 Å². The first kappa shape index (κ1) is 9.37. The van der Waals surface area contributed by atoms with Crippen LogP contribution in [0, 0.1) is 0 Å². The third-order valence-electron chi connectivity index (χ3n) is 0.865. The summed E-state index contributed by atoms with van der Waals surface area (Å²) in [5.41, 5.74) is 0.797. The van der Waals surface area contributed by atoms with Gasteiger partial charge in [-0.15, -0.1) is 11.8 Å². The minimum Gasteiger partial charge on any atom is -0.351 e. The number of thioether (sulfide) groups is 1. The summed E-state index contributed by atoms with van der Waals surface area (Å²) in [5.74, 6) is 1.02. The normalized spacial score (nSPS) is 8.50. The van der Waals surface area contributed by atoms with E-state index in [-0.39, 0.29) is 0 Å². The van der Waals surface area contributed by atoms with Crippen LogP contribution in [0.25, 0.3) is 0 Å². The lowest BCUT2D eigenvalue weighted by molar-refractivity contribution is 1.11. The van der Waals surface area contributed by atoms with Crippen LogP contribution in [-0.4, -0.2) is 5.75 Å². The number of rotatable bonds is 5. The van der Waals surface area contributed by atoms with Crippen molar-refractivity contribution < 1.29 is 0 Å². The third kappa shape index (κ3) is 4.27. The fraction of sp³-hybridized carbons (Fsp3) is 0.250. The van der Waals surface area contributed by atoms with Gasteiger partial charge in [-0.3, -0.25) is 0 Å². The molecule has 0 unspecified atom stereocenters. The average Bonchev–Trinajstić information content (AvgIpc) is 1.88. The van der Waals surface area contributed by atoms with Crippen LogP contribution in [0.1, 0.15) is 6.92 Å². The van der Waals surface area contributed by atoms with Crippen molar-refractivity contribution in [2.45, 2.75) is 6.92 Å². The molecule has 0 fully saturated rings. The number of hydrogen-bond acceptors (Lipinski definition) is 2. The molecule has 0 atom stereocenters. The first-order chi connectivity index (χ1) is 4.70. The van der Waals surface area contributed by atoms with Crippen LogP contribution in [0.15, 0.2) is 36.5 Å². The first-order valence-corrected chi connectivity index (χ1v) is 4.09. The maximum absolute atomic E-state index is 3.78. The second kappa shape index (κ2) is 5.18. The number of hydrogen-bond donors (Lipinski definition) is 1. The molecule has 0 saturated carbocycles. The standard InChI is InChI=1S/C8H13NS/c1-5-7(3)9-8(4)10-6-2/h5,9H,1,3-4,6H2,2H3. The minimum absolute atomic E-state index is 0.797. The van der Waals surface area contributed by atoms with Gasteiger partial charge in [-0.25, -0.2) is 0 Å². The molecule has 0 bridgehead atoms. The Morgan fingerprint density at radius 1 is 1.60 bits per heavy atom. The maximum atomic E-state index is 3.78. The smallest absolute Gasteiger partial charge is 0.0652 e. The highest BCUT2D eigenvalue weighted by Crippen LogP contribution is 2.09. The maximum Gasteiger partial charge on any atom is 0.0652 e. The molecule has 1 N–H and O–H groups in total. The van der Waals surface area contributed by atoms with Gasteiger partial charge in [-0.1, -0.05) is 26.7 Å². The molecule has 0 heterocycles. The molecule has 0 amide bonds. The molecule has 1 nitrogen and oxygen atoms in total. The Bertz CT molecular complexity index is 149. The van der Waals surface area contributed by atoms with Crippen LogP contribution in [0.4, 0.5) is 0 Å². The predicted octanol–water partition coefficient (Wildman–Crippen LogP) is 2.50. The molecule has 0 aliphatic carbocycles. The zero-order chi connectivity index (χ0) is 7.98. The molecule has 2 heteroatoms. The summed E-state index contributed by atoms with van der Waals surface area (Å²) in [5, 5.41) is 3.91. The fourth-order valence-electron chi connectivity index (χ4n) is 0.440. The molecule has 0 aliphatic rings. The molecular formula is C8H13NS. The Morgan fingerprint density at radius 3 is 2.60 bits per heavy atom. The quantitative estimate of drug-likeness (QED) is 0.612. The second-order valence-corrected chi connectivity index (χ2v) is 3.07. The van der Waals surface area contributed by atoms with Crippen molar-refractivity contribution in [2.75, 3.05) is 5.75 Å². The van der Waals surface area contributed by atoms with Crippen LogP contribution in [0.2, 0.25) is 0 Å². The van der Waals surface area contributed by atoms with Crippen molar-refractivity contribution in [3.05, 3.63) is 36.5 Å². The summed E-state index contributed by atoms with van der Waals surface area (Å²) < 4.78 is 0.